The maximum atomic E-state index is 5.76. The first kappa shape index (κ1) is 7.86. The van der Waals surface area contributed by atoms with Gasteiger partial charge < -0.3 is 5.73 Å². The highest BCUT2D eigenvalue weighted by Gasteiger charge is 1.93. The lowest BCUT2D eigenvalue weighted by molar-refractivity contribution is 1.26. The van der Waals surface area contributed by atoms with Crippen molar-refractivity contribution >= 4 is 0 Å². The Morgan fingerprint density at radius 1 is 1.09 bits per heavy atom. The Morgan fingerprint density at radius 2 is 1.73 bits per heavy atom. The van der Waals surface area contributed by atoms with E-state index in [4.69, 9.17) is 5.73 Å². The maximum Gasteiger partial charge on any atom is 0.0346 e. The van der Waals surface area contributed by atoms with Crippen LogP contribution in [0.15, 0.2) is 47.2 Å². The summed E-state index contributed by atoms with van der Waals surface area (Å²) in [5.74, 6) is 0. The first-order valence-corrected chi connectivity index (χ1v) is 3.69. The highest BCUT2D eigenvalue weighted by Crippen LogP contribution is 2.09. The number of nitrogens with two attached hydrogens (primary N) is 1. The lowest BCUT2D eigenvalue weighted by atomic mass is 10.1. The molecule has 2 N–H and O–H groups in total. The van der Waals surface area contributed by atoms with Gasteiger partial charge in [-0.1, -0.05) is 24.3 Å². The van der Waals surface area contributed by atoms with Crippen LogP contribution >= 0.6 is 0 Å². The average Bonchev–Trinajstić information content (AvgIpc) is 1.95. The summed E-state index contributed by atoms with van der Waals surface area (Å²) in [4.78, 5) is 0. The van der Waals surface area contributed by atoms with Crippen molar-refractivity contribution in [3.63, 3.8) is 0 Å². The van der Waals surface area contributed by atoms with Crippen LogP contribution in [0.4, 0.5) is 0 Å². The van der Waals surface area contributed by atoms with Crippen LogP contribution in [0.3, 0.4) is 0 Å². The zero-order chi connectivity index (χ0) is 8.27. The van der Waals surface area contributed by atoms with E-state index in [-0.39, 0.29) is 0 Å². The molecule has 0 spiro atoms. The van der Waals surface area contributed by atoms with Crippen LogP contribution < -0.4 is 5.73 Å². The van der Waals surface area contributed by atoms with Crippen molar-refractivity contribution in [2.45, 2.75) is 13.8 Å². The molecule has 11 heavy (non-hydrogen) atoms. The van der Waals surface area contributed by atoms with Gasteiger partial charge in [0.05, 0.1) is 0 Å². The molecule has 1 aliphatic rings. The van der Waals surface area contributed by atoms with Crippen molar-refractivity contribution in [1.82, 2.24) is 0 Å². The zero-order valence-electron chi connectivity index (χ0n) is 6.96. The van der Waals surface area contributed by atoms with Crippen LogP contribution in [0.25, 0.3) is 0 Å². The minimum atomic E-state index is 0.850. The molecule has 1 aliphatic carbocycles. The molecule has 0 aliphatic heterocycles. The molecule has 1 heteroatoms. The zero-order valence-corrected chi connectivity index (χ0v) is 6.96. The average molecular weight is 147 g/mol. The maximum absolute atomic E-state index is 5.76. The molecule has 0 aromatic heterocycles. The molecule has 1 rings (SSSR count). The number of allylic oxidation sites excluding steroid dienone is 7. The summed E-state index contributed by atoms with van der Waals surface area (Å²) in [6.45, 7) is 4.05. The Hall–Kier alpha value is -1.24. The fourth-order valence-corrected chi connectivity index (χ4v) is 0.911. The van der Waals surface area contributed by atoms with E-state index >= 15 is 0 Å². The van der Waals surface area contributed by atoms with Crippen molar-refractivity contribution < 1.29 is 0 Å². The molecule has 0 bridgehead atoms. The fourth-order valence-electron chi connectivity index (χ4n) is 0.911. The summed E-state index contributed by atoms with van der Waals surface area (Å²) in [5, 5.41) is 0. The topological polar surface area (TPSA) is 26.0 Å². The molecule has 0 unspecified atom stereocenters. The molecule has 0 fully saturated rings. The van der Waals surface area contributed by atoms with Crippen molar-refractivity contribution in [1.29, 1.82) is 0 Å². The van der Waals surface area contributed by atoms with Crippen molar-refractivity contribution in [2.75, 3.05) is 0 Å². The third-order valence-corrected chi connectivity index (χ3v) is 1.65. The van der Waals surface area contributed by atoms with Crippen LogP contribution in [0.1, 0.15) is 13.8 Å². The Morgan fingerprint density at radius 3 is 2.45 bits per heavy atom. The minimum Gasteiger partial charge on any atom is -0.399 e. The first-order chi connectivity index (χ1) is 5.20. The second-order valence-corrected chi connectivity index (χ2v) is 2.74. The van der Waals surface area contributed by atoms with Gasteiger partial charge in [-0.2, -0.15) is 0 Å². The van der Waals surface area contributed by atoms with Crippen molar-refractivity contribution in [2.24, 2.45) is 5.73 Å². The van der Waals surface area contributed by atoms with E-state index in [1.165, 1.54) is 5.57 Å². The predicted molar refractivity (Wildman–Crippen MR) is 48.9 cm³/mol. The van der Waals surface area contributed by atoms with Gasteiger partial charge >= 0.3 is 0 Å². The standard InChI is InChI=1S/C10H13N/c1-8-5-3-4-6-9(2)10(11)7-8/h3-7H,11H2,1-2H3/b4-3-,5-3?,6-4?,8-5-,8-7?,9-6-,10-7+,10-9?. The monoisotopic (exact) mass is 147 g/mol. The summed E-state index contributed by atoms with van der Waals surface area (Å²) in [6.07, 6.45) is 10.0. The van der Waals surface area contributed by atoms with Crippen LogP contribution in [-0.2, 0) is 0 Å². The second kappa shape index (κ2) is 3.24. The Bertz CT molecular complexity index is 265. The quantitative estimate of drug-likeness (QED) is 0.559. The molecule has 0 heterocycles. The van der Waals surface area contributed by atoms with E-state index in [2.05, 4.69) is 0 Å². The molecular weight excluding hydrogens is 134 g/mol. The van der Waals surface area contributed by atoms with Gasteiger partial charge in [0.15, 0.2) is 0 Å². The number of hydrogen-bond acceptors (Lipinski definition) is 1. The van der Waals surface area contributed by atoms with Crippen LogP contribution in [-0.4, -0.2) is 0 Å². The van der Waals surface area contributed by atoms with E-state index in [1.807, 2.05) is 44.2 Å². The molecule has 0 aromatic rings. The number of rotatable bonds is 0. The Kier molecular flexibility index (Phi) is 2.32. The molecular formula is C10H13N. The largest absolute Gasteiger partial charge is 0.399 e. The van der Waals surface area contributed by atoms with Gasteiger partial charge in [0.1, 0.15) is 0 Å². The summed E-state index contributed by atoms with van der Waals surface area (Å²) >= 11 is 0. The smallest absolute Gasteiger partial charge is 0.0346 e. The third kappa shape index (κ3) is 2.11. The van der Waals surface area contributed by atoms with Gasteiger partial charge in [-0.15, -0.1) is 0 Å². The Balaban J connectivity index is 3.00. The van der Waals surface area contributed by atoms with Crippen molar-refractivity contribution in [3.8, 4) is 0 Å². The lowest BCUT2D eigenvalue weighted by Crippen LogP contribution is -1.99. The van der Waals surface area contributed by atoms with E-state index in [0.29, 0.717) is 0 Å². The van der Waals surface area contributed by atoms with Gasteiger partial charge in [0, 0.05) is 5.70 Å². The lowest BCUT2D eigenvalue weighted by Gasteiger charge is -2.02. The first-order valence-electron chi connectivity index (χ1n) is 3.69. The second-order valence-electron chi connectivity index (χ2n) is 2.74. The minimum absolute atomic E-state index is 0.850. The highest BCUT2D eigenvalue weighted by atomic mass is 14.6. The summed E-state index contributed by atoms with van der Waals surface area (Å²) < 4.78 is 0. The fraction of sp³-hybridized carbons (Fsp3) is 0.200. The Labute approximate surface area is 67.6 Å². The molecule has 0 atom stereocenters. The molecule has 58 valence electrons. The van der Waals surface area contributed by atoms with Crippen LogP contribution in [0.2, 0.25) is 0 Å². The summed E-state index contributed by atoms with van der Waals surface area (Å²) in [5.41, 5.74) is 8.91. The normalized spacial score (nSPS) is 34.9. The molecule has 0 aromatic carbocycles. The van der Waals surface area contributed by atoms with Gasteiger partial charge in [0.25, 0.3) is 0 Å². The molecule has 1 nitrogen and oxygen atoms in total. The van der Waals surface area contributed by atoms with Crippen molar-refractivity contribution in [3.05, 3.63) is 47.2 Å². The van der Waals surface area contributed by atoms with Gasteiger partial charge in [-0.25, -0.2) is 0 Å². The molecule has 0 saturated carbocycles. The van der Waals surface area contributed by atoms with Gasteiger partial charge in [-0.05, 0) is 31.1 Å². The SMILES string of the molecule is CC1=C/C=C\C=C(C)/C(N)=C\1. The van der Waals surface area contributed by atoms with E-state index in [1.54, 1.807) is 0 Å². The van der Waals surface area contributed by atoms with E-state index in [9.17, 15) is 0 Å². The summed E-state index contributed by atoms with van der Waals surface area (Å²) in [6, 6.07) is 0. The molecule has 0 amide bonds. The summed E-state index contributed by atoms with van der Waals surface area (Å²) in [7, 11) is 0. The van der Waals surface area contributed by atoms with Crippen LogP contribution in [0.5, 0.6) is 0 Å². The van der Waals surface area contributed by atoms with Gasteiger partial charge in [0.2, 0.25) is 0 Å². The highest BCUT2D eigenvalue weighted by molar-refractivity contribution is 5.38. The molecule has 0 radical (unpaired) electrons. The molecule has 0 saturated heterocycles. The van der Waals surface area contributed by atoms with Gasteiger partial charge in [-0.3, -0.25) is 0 Å². The van der Waals surface area contributed by atoms with Crippen LogP contribution in [0, 0.1) is 0 Å². The van der Waals surface area contributed by atoms with E-state index in [0.717, 1.165) is 11.3 Å². The predicted octanol–water partition coefficient (Wildman–Crippen LogP) is 2.29. The van der Waals surface area contributed by atoms with E-state index < -0.39 is 0 Å². The third-order valence-electron chi connectivity index (χ3n) is 1.65. The number of hydrogen-bond donors (Lipinski definition) is 1.